The second-order valence-electron chi connectivity index (χ2n) is 24.2. The first-order chi connectivity index (χ1) is 34.2. The maximum atomic E-state index is 9.50. The predicted octanol–water partition coefficient (Wildman–Crippen LogP) is 16.1. The summed E-state index contributed by atoms with van der Waals surface area (Å²) in [5.41, 5.74) is 17.9. The van der Waals surface area contributed by atoms with Crippen molar-refractivity contribution >= 4 is 68.4 Å². The van der Waals surface area contributed by atoms with Crippen LogP contribution in [0.3, 0.4) is 0 Å². The third-order valence-corrected chi connectivity index (χ3v) is 15.5. The van der Waals surface area contributed by atoms with E-state index in [1.54, 1.807) is 0 Å². The van der Waals surface area contributed by atoms with Crippen LogP contribution in [0.5, 0.6) is 0 Å². The van der Waals surface area contributed by atoms with Gasteiger partial charge in [-0.05, 0) is 150 Å². The molecule has 0 radical (unpaired) electrons. The van der Waals surface area contributed by atoms with Gasteiger partial charge in [0.15, 0.2) is 0 Å². The Bertz CT molecular complexity index is 3560. The summed E-state index contributed by atoms with van der Waals surface area (Å²) in [4.78, 5) is 4.77. The Kier molecular flexibility index (Phi) is 8.60. The van der Waals surface area contributed by atoms with Gasteiger partial charge < -0.3 is 14.2 Å². The zero-order valence-corrected chi connectivity index (χ0v) is 42.3. The molecule has 0 atom stereocenters. The number of furan rings is 1. The highest BCUT2D eigenvalue weighted by Crippen LogP contribution is 2.54. The zero-order valence-electron chi connectivity index (χ0n) is 47.3. The standard InChI is InChI=1S/C64H67BN2O/c1-60(2,3)43-24-28-46(29-25-43)66-54-34-42(40-20-16-14-17-21-40)35-55-57(54)65(59-58(66)48-36-44(61(4,5)6)27-31-56(48)68-59)51-37-45(62(7,8)9)26-30-52(51)67(55)53-39-50-49(63(10,11)32-33-64(50,12)13)38-47(53)41-22-18-15-19-23-41/h14-31,34-39H,32-33H2,1-13H3/i14D,16D,17D,20D,21D. The highest BCUT2D eigenvalue weighted by molar-refractivity contribution is 7.00. The van der Waals surface area contributed by atoms with Gasteiger partial charge in [-0.1, -0.05) is 181 Å². The fourth-order valence-corrected chi connectivity index (χ4v) is 11.2. The third-order valence-electron chi connectivity index (χ3n) is 15.5. The van der Waals surface area contributed by atoms with E-state index in [9.17, 15) is 2.74 Å². The van der Waals surface area contributed by atoms with Crippen LogP contribution in [0, 0.1) is 0 Å². The van der Waals surface area contributed by atoms with E-state index in [2.05, 4.69) is 215 Å². The molecule has 0 bridgehead atoms. The molecule has 0 saturated heterocycles. The van der Waals surface area contributed by atoms with Crippen LogP contribution in [0.15, 0.2) is 150 Å². The molecule has 68 heavy (non-hydrogen) atoms. The number of nitrogens with zero attached hydrogens (tertiary/aromatic N) is 2. The Morgan fingerprint density at radius 2 is 1.10 bits per heavy atom. The topological polar surface area (TPSA) is 19.6 Å². The molecule has 7 aromatic carbocycles. The van der Waals surface area contributed by atoms with Crippen LogP contribution in [0.2, 0.25) is 0 Å². The van der Waals surface area contributed by atoms with Crippen molar-refractivity contribution in [2.45, 2.75) is 130 Å². The predicted molar refractivity (Wildman–Crippen MR) is 292 cm³/mol. The number of rotatable bonds is 4. The summed E-state index contributed by atoms with van der Waals surface area (Å²) < 4.78 is 53.0. The van der Waals surface area contributed by atoms with Crippen LogP contribution >= 0.6 is 0 Å². The minimum absolute atomic E-state index is 0.0624. The van der Waals surface area contributed by atoms with Crippen molar-refractivity contribution in [3.05, 3.63) is 173 Å². The number of hydrogen-bond donors (Lipinski definition) is 0. The summed E-state index contributed by atoms with van der Waals surface area (Å²) in [6, 6.07) is 40.6. The van der Waals surface area contributed by atoms with E-state index in [4.69, 9.17) is 8.53 Å². The SMILES string of the molecule is [2H]c1c([2H])c([2H])c(-c2cc3c4c(c2)N(c2ccc(C(C)(C)C)cc2)c2c(oc5ccc(C(C)(C)C)cc25)B4c2cc(C(C)(C)C)ccc2N3c2cc3c(cc2-c2ccccc2)C(C)(C)CCC3(C)C)c([2H])c1[2H]. The van der Waals surface area contributed by atoms with Crippen LogP contribution in [-0.2, 0) is 27.1 Å². The molecule has 0 spiro atoms. The summed E-state index contributed by atoms with van der Waals surface area (Å²) in [6.45, 7) is 29.3. The Morgan fingerprint density at radius 3 is 1.74 bits per heavy atom. The maximum Gasteiger partial charge on any atom is 0.297 e. The first-order valence-electron chi connectivity index (χ1n) is 27.1. The Labute approximate surface area is 413 Å². The number of benzene rings is 7. The van der Waals surface area contributed by atoms with Gasteiger partial charge in [0.2, 0.25) is 0 Å². The van der Waals surface area contributed by atoms with Crippen LogP contribution in [-0.4, -0.2) is 6.71 Å². The average Bonchev–Trinajstić information content (AvgIpc) is 3.72. The first-order valence-corrected chi connectivity index (χ1v) is 24.6. The molecule has 0 saturated carbocycles. The second-order valence-corrected chi connectivity index (χ2v) is 24.2. The third kappa shape index (κ3) is 7.07. The summed E-state index contributed by atoms with van der Waals surface area (Å²) >= 11 is 0. The highest BCUT2D eigenvalue weighted by Gasteiger charge is 2.48. The largest absolute Gasteiger partial charge is 0.468 e. The second kappa shape index (κ2) is 15.1. The Hall–Kier alpha value is -6.26. The molecule has 342 valence electrons. The van der Waals surface area contributed by atoms with Gasteiger partial charge in [-0.3, -0.25) is 0 Å². The van der Waals surface area contributed by atoms with Crippen molar-refractivity contribution in [3.63, 3.8) is 0 Å². The molecule has 1 aliphatic carbocycles. The molecule has 0 N–H and O–H groups in total. The van der Waals surface area contributed by atoms with Gasteiger partial charge in [0.1, 0.15) is 5.58 Å². The van der Waals surface area contributed by atoms with Gasteiger partial charge in [-0.2, -0.15) is 0 Å². The van der Waals surface area contributed by atoms with Crippen molar-refractivity contribution in [3.8, 4) is 22.3 Å². The summed E-state index contributed by atoms with van der Waals surface area (Å²) in [6.07, 6.45) is 2.11. The lowest BCUT2D eigenvalue weighted by molar-refractivity contribution is 0.332. The Balaban J connectivity index is 1.35. The summed E-state index contributed by atoms with van der Waals surface area (Å²) in [5.74, 6) is 0. The zero-order chi connectivity index (χ0) is 52.2. The Morgan fingerprint density at radius 1 is 0.529 bits per heavy atom. The van der Waals surface area contributed by atoms with Crippen molar-refractivity contribution in [1.82, 2.24) is 0 Å². The van der Waals surface area contributed by atoms with Crippen LogP contribution in [0.4, 0.5) is 34.1 Å². The molecule has 1 aromatic heterocycles. The highest BCUT2D eigenvalue weighted by atomic mass is 16.3. The number of anilines is 6. The summed E-state index contributed by atoms with van der Waals surface area (Å²) in [5, 5.41) is 0.990. The van der Waals surface area contributed by atoms with Crippen LogP contribution < -0.4 is 26.4 Å². The molecule has 3 heterocycles. The number of fused-ring (bicyclic) bond motifs is 7. The lowest BCUT2D eigenvalue weighted by Crippen LogP contribution is -2.61. The minimum atomic E-state index is -0.417. The molecule has 4 heteroatoms. The van der Waals surface area contributed by atoms with Crippen LogP contribution in [0.1, 0.15) is 138 Å². The fourth-order valence-electron chi connectivity index (χ4n) is 11.2. The summed E-state index contributed by atoms with van der Waals surface area (Å²) in [7, 11) is 0. The van der Waals surface area contributed by atoms with Gasteiger partial charge in [0.05, 0.1) is 23.9 Å². The van der Waals surface area contributed by atoms with Gasteiger partial charge in [0.25, 0.3) is 6.71 Å². The number of hydrogen-bond acceptors (Lipinski definition) is 3. The lowest BCUT2D eigenvalue weighted by atomic mass is 9.35. The van der Waals surface area contributed by atoms with E-state index in [0.29, 0.717) is 5.56 Å². The van der Waals surface area contributed by atoms with E-state index in [0.717, 1.165) is 85.6 Å². The molecule has 0 amide bonds. The molecular weight excluding hydrogens is 824 g/mol. The maximum absolute atomic E-state index is 9.50. The van der Waals surface area contributed by atoms with Crippen molar-refractivity contribution < 1.29 is 11.3 Å². The van der Waals surface area contributed by atoms with Crippen molar-refractivity contribution in [2.75, 3.05) is 9.80 Å². The van der Waals surface area contributed by atoms with Gasteiger partial charge in [-0.25, -0.2) is 0 Å². The molecule has 3 nitrogen and oxygen atoms in total. The van der Waals surface area contributed by atoms with Gasteiger partial charge in [-0.15, -0.1) is 0 Å². The average molecular weight is 896 g/mol. The quantitative estimate of drug-likeness (QED) is 0.164. The molecule has 11 rings (SSSR count). The molecule has 0 unspecified atom stereocenters. The normalized spacial score (nSPS) is 17.1. The fraction of sp³-hybridized carbons (Fsp3) is 0.312. The van der Waals surface area contributed by atoms with Gasteiger partial charge in [0, 0.05) is 33.7 Å². The van der Waals surface area contributed by atoms with Crippen LogP contribution in [0.25, 0.3) is 33.2 Å². The van der Waals surface area contributed by atoms with E-state index < -0.39 is 6.04 Å². The molecule has 2 aliphatic heterocycles. The van der Waals surface area contributed by atoms with E-state index in [-0.39, 0.29) is 63.5 Å². The monoisotopic (exact) mass is 896 g/mol. The van der Waals surface area contributed by atoms with E-state index in [1.165, 1.54) is 27.8 Å². The molecule has 0 fully saturated rings. The van der Waals surface area contributed by atoms with E-state index in [1.807, 2.05) is 0 Å². The molecule has 3 aliphatic rings. The minimum Gasteiger partial charge on any atom is -0.468 e. The first kappa shape index (κ1) is 38.7. The van der Waals surface area contributed by atoms with E-state index >= 15 is 0 Å². The smallest absolute Gasteiger partial charge is 0.297 e. The molecule has 8 aromatic rings. The van der Waals surface area contributed by atoms with Crippen molar-refractivity contribution in [2.24, 2.45) is 0 Å². The van der Waals surface area contributed by atoms with Crippen molar-refractivity contribution in [1.29, 1.82) is 0 Å². The molecular formula is C64H67BN2O. The lowest BCUT2D eigenvalue weighted by Gasteiger charge is -2.46. The van der Waals surface area contributed by atoms with Gasteiger partial charge >= 0.3 is 0 Å².